The smallest absolute Gasteiger partial charge is 0.326 e. The molecule has 0 saturated carbocycles. The Kier molecular flexibility index (Phi) is 14.6. The van der Waals surface area contributed by atoms with Crippen molar-refractivity contribution in [3.8, 4) is 0 Å². The monoisotopic (exact) mass is 503 g/mol. The molecule has 0 rings (SSSR count). The van der Waals surface area contributed by atoms with Gasteiger partial charge in [0.05, 0.1) is 12.6 Å². The van der Waals surface area contributed by atoms with Gasteiger partial charge < -0.3 is 48.5 Å². The number of aliphatic carboxylic acids is 2. The zero-order chi connectivity index (χ0) is 27.1. The number of carboxylic acids is 2. The predicted molar refractivity (Wildman–Crippen MR) is 125 cm³/mol. The maximum absolute atomic E-state index is 12.8. The van der Waals surface area contributed by atoms with Crippen molar-refractivity contribution in [2.45, 2.75) is 70.1 Å². The largest absolute Gasteiger partial charge is 0.481 e. The molecule has 5 atom stereocenters. The Bertz CT molecular complexity index is 773. The molecule has 0 fully saturated rings. The molecule has 200 valence electrons. The molecule has 0 heterocycles. The van der Waals surface area contributed by atoms with E-state index in [1.165, 1.54) is 0 Å². The van der Waals surface area contributed by atoms with Crippen molar-refractivity contribution < 1.29 is 39.3 Å². The first-order valence-electron chi connectivity index (χ1n) is 11.1. The quantitative estimate of drug-likeness (QED) is 0.0541. The number of aliphatic imine (C=N–C) groups is 1. The number of carbonyl (C=O) groups is 5. The van der Waals surface area contributed by atoms with Gasteiger partial charge in [-0.1, -0.05) is 20.3 Å². The highest BCUT2D eigenvalue weighted by atomic mass is 16.4. The third-order valence-corrected chi connectivity index (χ3v) is 5.17. The number of hydrogen-bond donors (Lipinski definition) is 9. The fourth-order valence-electron chi connectivity index (χ4n) is 2.86. The molecule has 0 bridgehead atoms. The van der Waals surface area contributed by atoms with Crippen LogP contribution < -0.4 is 33.2 Å². The molecule has 3 amide bonds. The van der Waals surface area contributed by atoms with Gasteiger partial charge in [0.25, 0.3) is 0 Å². The van der Waals surface area contributed by atoms with Gasteiger partial charge in [-0.05, 0) is 25.2 Å². The van der Waals surface area contributed by atoms with Crippen LogP contribution in [0.4, 0.5) is 0 Å². The summed E-state index contributed by atoms with van der Waals surface area (Å²) in [6.07, 6.45) is 0.200. The van der Waals surface area contributed by atoms with Crippen LogP contribution in [0.25, 0.3) is 0 Å². The number of carboxylic acid groups (broad SMARTS) is 2. The van der Waals surface area contributed by atoms with E-state index in [2.05, 4.69) is 20.9 Å². The van der Waals surface area contributed by atoms with Crippen LogP contribution >= 0.6 is 0 Å². The van der Waals surface area contributed by atoms with Crippen LogP contribution in [0.1, 0.15) is 46.0 Å². The average molecular weight is 504 g/mol. The predicted octanol–water partition coefficient (Wildman–Crippen LogP) is -3.19. The number of nitrogens with two attached hydrogens (primary N) is 3. The van der Waals surface area contributed by atoms with Crippen LogP contribution in [-0.4, -0.2) is 88.3 Å². The van der Waals surface area contributed by atoms with Crippen molar-refractivity contribution in [2.75, 3.05) is 13.2 Å². The van der Waals surface area contributed by atoms with Crippen LogP contribution in [0.5, 0.6) is 0 Å². The topological polar surface area (TPSA) is 273 Å². The number of hydrogen-bond acceptors (Lipinski definition) is 8. The summed E-state index contributed by atoms with van der Waals surface area (Å²) in [4.78, 5) is 63.6. The SMILES string of the molecule is CCC(C)C(NC(=O)C(CO)NC(=O)C(N)CCC(=O)O)C(=O)NC(CCCN=C(N)N)C(=O)O. The van der Waals surface area contributed by atoms with E-state index in [9.17, 15) is 34.2 Å². The van der Waals surface area contributed by atoms with Crippen LogP contribution in [0, 0.1) is 5.92 Å². The van der Waals surface area contributed by atoms with Crippen LogP contribution in [0.2, 0.25) is 0 Å². The minimum atomic E-state index is -1.47. The molecule has 15 nitrogen and oxygen atoms in total. The first-order chi connectivity index (χ1) is 16.3. The lowest BCUT2D eigenvalue weighted by molar-refractivity contribution is -0.143. The molecule has 0 aliphatic rings. The van der Waals surface area contributed by atoms with Crippen molar-refractivity contribution in [2.24, 2.45) is 28.1 Å². The molecule has 0 aliphatic heterocycles. The molecule has 15 heteroatoms. The third-order valence-electron chi connectivity index (χ3n) is 5.17. The van der Waals surface area contributed by atoms with E-state index in [-0.39, 0.29) is 38.2 Å². The van der Waals surface area contributed by atoms with Crippen LogP contribution in [-0.2, 0) is 24.0 Å². The zero-order valence-corrected chi connectivity index (χ0v) is 19.9. The van der Waals surface area contributed by atoms with Crippen LogP contribution in [0.3, 0.4) is 0 Å². The van der Waals surface area contributed by atoms with Crippen molar-refractivity contribution in [1.82, 2.24) is 16.0 Å². The normalized spacial score (nSPS) is 15.0. The molecule has 0 spiro atoms. The summed E-state index contributed by atoms with van der Waals surface area (Å²) in [5.41, 5.74) is 16.0. The summed E-state index contributed by atoms with van der Waals surface area (Å²) in [5.74, 6) is -5.51. The van der Waals surface area contributed by atoms with Gasteiger partial charge in [0.2, 0.25) is 17.7 Å². The second-order valence-corrected chi connectivity index (χ2v) is 8.00. The van der Waals surface area contributed by atoms with Gasteiger partial charge in [-0.15, -0.1) is 0 Å². The number of nitrogens with one attached hydrogen (secondary N) is 3. The Morgan fingerprint density at radius 1 is 0.914 bits per heavy atom. The van der Waals surface area contributed by atoms with Crippen molar-refractivity contribution in [3.05, 3.63) is 0 Å². The Hall–Kier alpha value is -3.46. The Labute approximate surface area is 202 Å². The summed E-state index contributed by atoms with van der Waals surface area (Å²) in [6.45, 7) is 2.77. The number of nitrogens with zero attached hydrogens (tertiary/aromatic N) is 1. The number of guanidine groups is 1. The van der Waals surface area contributed by atoms with E-state index in [4.69, 9.17) is 22.3 Å². The minimum absolute atomic E-state index is 0.0303. The molecule has 0 aliphatic carbocycles. The van der Waals surface area contributed by atoms with Gasteiger partial charge >= 0.3 is 11.9 Å². The van der Waals surface area contributed by atoms with E-state index < -0.39 is 66.4 Å². The standard InChI is InChI=1S/C20H37N7O8/c1-3-10(2)15(18(33)25-12(19(34)35)5-4-8-24-20(22)23)27-17(32)13(9-28)26-16(31)11(21)6-7-14(29)30/h10-13,15,28H,3-9,21H2,1-2H3,(H,25,33)(H,26,31)(H,27,32)(H,29,30)(H,34,35)(H4,22,23,24). The molecular weight excluding hydrogens is 466 g/mol. The van der Waals surface area contributed by atoms with E-state index >= 15 is 0 Å². The molecule has 0 aromatic heterocycles. The molecule has 0 aromatic carbocycles. The van der Waals surface area contributed by atoms with E-state index in [1.807, 2.05) is 0 Å². The summed E-state index contributed by atoms with van der Waals surface area (Å²) in [7, 11) is 0. The lowest BCUT2D eigenvalue weighted by Crippen LogP contribution is -2.59. The van der Waals surface area contributed by atoms with E-state index in [0.717, 1.165) is 0 Å². The number of carbonyl (C=O) groups excluding carboxylic acids is 3. The highest BCUT2D eigenvalue weighted by Crippen LogP contribution is 2.10. The first kappa shape index (κ1) is 31.5. The second kappa shape index (κ2) is 16.2. The minimum Gasteiger partial charge on any atom is -0.481 e. The molecule has 0 aromatic rings. The fourth-order valence-corrected chi connectivity index (χ4v) is 2.86. The lowest BCUT2D eigenvalue weighted by Gasteiger charge is -2.27. The lowest BCUT2D eigenvalue weighted by atomic mass is 9.97. The van der Waals surface area contributed by atoms with Crippen molar-refractivity contribution in [1.29, 1.82) is 0 Å². The van der Waals surface area contributed by atoms with E-state index in [0.29, 0.717) is 6.42 Å². The molecule has 0 radical (unpaired) electrons. The highest BCUT2D eigenvalue weighted by Gasteiger charge is 2.32. The summed E-state index contributed by atoms with van der Waals surface area (Å²) in [5, 5.41) is 34.7. The maximum atomic E-state index is 12.8. The summed E-state index contributed by atoms with van der Waals surface area (Å²) >= 11 is 0. The Morgan fingerprint density at radius 3 is 2.00 bits per heavy atom. The van der Waals surface area contributed by atoms with Gasteiger partial charge in [0.15, 0.2) is 5.96 Å². The molecule has 0 saturated heterocycles. The van der Waals surface area contributed by atoms with Gasteiger partial charge in [-0.3, -0.25) is 24.2 Å². The van der Waals surface area contributed by atoms with Gasteiger partial charge in [-0.2, -0.15) is 0 Å². The Morgan fingerprint density at radius 2 is 1.51 bits per heavy atom. The number of aliphatic hydroxyl groups is 1. The molecule has 5 unspecified atom stereocenters. The van der Waals surface area contributed by atoms with Gasteiger partial charge in [-0.25, -0.2) is 4.79 Å². The Balaban J connectivity index is 5.26. The first-order valence-corrected chi connectivity index (χ1v) is 11.1. The second-order valence-electron chi connectivity index (χ2n) is 8.00. The fraction of sp³-hybridized carbons (Fsp3) is 0.700. The molecular formula is C20H37N7O8. The highest BCUT2D eigenvalue weighted by molar-refractivity contribution is 5.94. The van der Waals surface area contributed by atoms with Crippen LogP contribution in [0.15, 0.2) is 4.99 Å². The number of rotatable bonds is 17. The van der Waals surface area contributed by atoms with Gasteiger partial charge in [0.1, 0.15) is 18.1 Å². The summed E-state index contributed by atoms with van der Waals surface area (Å²) < 4.78 is 0. The summed E-state index contributed by atoms with van der Waals surface area (Å²) in [6, 6.07) is -5.12. The zero-order valence-electron chi connectivity index (χ0n) is 19.9. The number of aliphatic hydroxyl groups excluding tert-OH is 1. The van der Waals surface area contributed by atoms with Crippen molar-refractivity contribution >= 4 is 35.6 Å². The third kappa shape index (κ3) is 12.5. The molecule has 35 heavy (non-hydrogen) atoms. The van der Waals surface area contributed by atoms with Crippen molar-refractivity contribution in [3.63, 3.8) is 0 Å². The number of amides is 3. The molecule has 12 N–H and O–H groups in total. The maximum Gasteiger partial charge on any atom is 0.326 e. The average Bonchev–Trinajstić information content (AvgIpc) is 2.79. The van der Waals surface area contributed by atoms with E-state index in [1.54, 1.807) is 13.8 Å². The van der Waals surface area contributed by atoms with Gasteiger partial charge in [0, 0.05) is 13.0 Å².